The maximum absolute atomic E-state index is 11.6. The Bertz CT molecular complexity index is 632. The third-order valence-electron chi connectivity index (χ3n) is 2.58. The van der Waals surface area contributed by atoms with Gasteiger partial charge in [-0.15, -0.1) is 0 Å². The minimum absolute atomic E-state index is 0.00464. The molecule has 2 N–H and O–H groups in total. The smallest absolute Gasteiger partial charge is 0.292 e. The number of nitrogens with one attached hydrogen (secondary N) is 2. The number of hydrogen-bond acceptors (Lipinski definition) is 5. The minimum Gasteiger partial charge on any atom is -0.346 e. The molecule has 3 rings (SSSR count). The van der Waals surface area contributed by atoms with Gasteiger partial charge in [0.25, 0.3) is 17.6 Å². The van der Waals surface area contributed by atoms with Crippen molar-refractivity contribution in [1.82, 2.24) is 20.4 Å². The zero-order valence-electron chi connectivity index (χ0n) is 9.30. The van der Waals surface area contributed by atoms with E-state index < -0.39 is 0 Å². The van der Waals surface area contributed by atoms with Gasteiger partial charge in [-0.05, 0) is 25.0 Å². The van der Waals surface area contributed by atoms with Crippen LogP contribution in [0.1, 0.15) is 29.2 Å². The molecule has 0 saturated heterocycles. The molecule has 7 heteroatoms. The molecule has 0 aliphatic heterocycles. The molecule has 1 aliphatic rings. The maximum atomic E-state index is 11.6. The van der Waals surface area contributed by atoms with Crippen molar-refractivity contribution in [3.63, 3.8) is 0 Å². The Kier molecular flexibility index (Phi) is 2.34. The number of carbonyl (C=O) groups is 1. The van der Waals surface area contributed by atoms with Gasteiger partial charge < -0.3 is 14.8 Å². The summed E-state index contributed by atoms with van der Waals surface area (Å²) in [5, 5.41) is 15.1. The molecule has 1 saturated carbocycles. The average molecular weight is 243 g/mol. The SMILES string of the molecule is N#Cc1ccc(-c2nc(C(=O)NC3CC3)no2)[nH]1. The lowest BCUT2D eigenvalue weighted by Crippen LogP contribution is -2.26. The molecule has 90 valence electrons. The predicted molar refractivity (Wildman–Crippen MR) is 59.3 cm³/mol. The molecular formula is C11H9N5O2. The summed E-state index contributed by atoms with van der Waals surface area (Å²) in [7, 11) is 0. The van der Waals surface area contributed by atoms with Gasteiger partial charge in [0.2, 0.25) is 0 Å². The van der Waals surface area contributed by atoms with Crippen molar-refractivity contribution in [2.45, 2.75) is 18.9 Å². The summed E-state index contributed by atoms with van der Waals surface area (Å²) in [6.07, 6.45) is 2.00. The van der Waals surface area contributed by atoms with Crippen LogP contribution in [0.15, 0.2) is 16.7 Å². The molecule has 0 aromatic carbocycles. The average Bonchev–Trinajstić information content (AvgIpc) is 2.91. The third-order valence-corrected chi connectivity index (χ3v) is 2.58. The summed E-state index contributed by atoms with van der Waals surface area (Å²) in [6, 6.07) is 5.45. The molecule has 1 fully saturated rings. The summed E-state index contributed by atoms with van der Waals surface area (Å²) in [5.41, 5.74) is 0.914. The van der Waals surface area contributed by atoms with Crippen molar-refractivity contribution >= 4 is 5.91 Å². The van der Waals surface area contributed by atoms with E-state index >= 15 is 0 Å². The number of rotatable bonds is 3. The first-order valence-corrected chi connectivity index (χ1v) is 5.50. The number of nitrogens with zero attached hydrogens (tertiary/aromatic N) is 3. The zero-order valence-corrected chi connectivity index (χ0v) is 9.30. The Balaban J connectivity index is 1.80. The first-order valence-electron chi connectivity index (χ1n) is 5.50. The summed E-state index contributed by atoms with van der Waals surface area (Å²) in [4.78, 5) is 18.4. The van der Waals surface area contributed by atoms with Gasteiger partial charge in [-0.3, -0.25) is 4.79 Å². The van der Waals surface area contributed by atoms with Gasteiger partial charge in [0.05, 0.1) is 0 Å². The lowest BCUT2D eigenvalue weighted by Gasteiger charge is -1.95. The van der Waals surface area contributed by atoms with E-state index in [0.717, 1.165) is 12.8 Å². The number of nitriles is 1. The van der Waals surface area contributed by atoms with Crippen LogP contribution in [0, 0.1) is 11.3 Å². The highest BCUT2D eigenvalue weighted by atomic mass is 16.5. The predicted octanol–water partition coefficient (Wildman–Crippen LogP) is 0.829. The number of aromatic amines is 1. The minimum atomic E-state index is -0.334. The summed E-state index contributed by atoms with van der Waals surface area (Å²) in [5.74, 6) is -0.137. The molecule has 18 heavy (non-hydrogen) atoms. The lowest BCUT2D eigenvalue weighted by atomic mass is 10.4. The monoisotopic (exact) mass is 243 g/mol. The van der Waals surface area contributed by atoms with Crippen LogP contribution < -0.4 is 5.32 Å². The molecule has 0 radical (unpaired) electrons. The highest BCUT2D eigenvalue weighted by Gasteiger charge is 2.26. The highest BCUT2D eigenvalue weighted by Crippen LogP contribution is 2.20. The van der Waals surface area contributed by atoms with Crippen LogP contribution >= 0.6 is 0 Å². The van der Waals surface area contributed by atoms with E-state index in [4.69, 9.17) is 9.78 Å². The topological polar surface area (TPSA) is 108 Å². The quantitative estimate of drug-likeness (QED) is 0.830. The van der Waals surface area contributed by atoms with E-state index in [-0.39, 0.29) is 23.7 Å². The van der Waals surface area contributed by atoms with Gasteiger partial charge in [-0.1, -0.05) is 5.16 Å². The van der Waals surface area contributed by atoms with E-state index in [1.807, 2.05) is 6.07 Å². The van der Waals surface area contributed by atoms with E-state index in [2.05, 4.69) is 20.4 Å². The van der Waals surface area contributed by atoms with Crippen LogP contribution in [0.2, 0.25) is 0 Å². The molecule has 0 spiro atoms. The van der Waals surface area contributed by atoms with Crippen molar-refractivity contribution < 1.29 is 9.32 Å². The molecule has 2 heterocycles. The van der Waals surface area contributed by atoms with Gasteiger partial charge in [0.1, 0.15) is 17.5 Å². The summed E-state index contributed by atoms with van der Waals surface area (Å²) >= 11 is 0. The van der Waals surface area contributed by atoms with Gasteiger partial charge >= 0.3 is 0 Å². The second kappa shape index (κ2) is 4.00. The molecule has 0 bridgehead atoms. The van der Waals surface area contributed by atoms with Crippen LogP contribution in [0.5, 0.6) is 0 Å². The van der Waals surface area contributed by atoms with E-state index in [0.29, 0.717) is 11.4 Å². The number of aromatic nitrogens is 3. The van der Waals surface area contributed by atoms with Crippen LogP contribution in [0.4, 0.5) is 0 Å². The fourth-order valence-electron chi connectivity index (χ4n) is 1.49. The molecule has 1 aliphatic carbocycles. The van der Waals surface area contributed by atoms with Crippen molar-refractivity contribution in [3.8, 4) is 17.7 Å². The number of amides is 1. The lowest BCUT2D eigenvalue weighted by molar-refractivity contribution is 0.0937. The van der Waals surface area contributed by atoms with Gasteiger partial charge in [0.15, 0.2) is 0 Å². The normalized spacial score (nSPS) is 14.2. The fourth-order valence-corrected chi connectivity index (χ4v) is 1.49. The van der Waals surface area contributed by atoms with Crippen molar-refractivity contribution in [2.24, 2.45) is 0 Å². The molecule has 1 amide bonds. The number of carbonyl (C=O) groups excluding carboxylic acids is 1. The van der Waals surface area contributed by atoms with Gasteiger partial charge in [0, 0.05) is 6.04 Å². The standard InChI is InChI=1S/C11H9N5O2/c12-5-7-3-4-8(13-7)11-15-9(16-18-11)10(17)14-6-1-2-6/h3-4,6,13H,1-2H2,(H,14,17). The largest absolute Gasteiger partial charge is 0.346 e. The maximum Gasteiger partial charge on any atom is 0.292 e. The highest BCUT2D eigenvalue weighted by molar-refractivity contribution is 5.91. The van der Waals surface area contributed by atoms with E-state index in [1.165, 1.54) is 0 Å². The van der Waals surface area contributed by atoms with E-state index in [1.54, 1.807) is 12.1 Å². The van der Waals surface area contributed by atoms with Crippen LogP contribution in [-0.4, -0.2) is 27.1 Å². The van der Waals surface area contributed by atoms with Gasteiger partial charge in [-0.25, -0.2) is 0 Å². The molecule has 7 nitrogen and oxygen atoms in total. The molecule has 2 aromatic rings. The molecular weight excluding hydrogens is 234 g/mol. The second-order valence-electron chi connectivity index (χ2n) is 4.07. The zero-order chi connectivity index (χ0) is 12.5. The summed E-state index contributed by atoms with van der Waals surface area (Å²) < 4.78 is 4.97. The van der Waals surface area contributed by atoms with Crippen LogP contribution in [-0.2, 0) is 0 Å². The Morgan fingerprint density at radius 2 is 2.39 bits per heavy atom. The molecule has 0 unspecified atom stereocenters. The third kappa shape index (κ3) is 1.96. The molecule has 0 atom stereocenters. The number of H-pyrrole nitrogens is 1. The fraction of sp³-hybridized carbons (Fsp3) is 0.273. The van der Waals surface area contributed by atoms with Crippen molar-refractivity contribution in [3.05, 3.63) is 23.7 Å². The van der Waals surface area contributed by atoms with Crippen LogP contribution in [0.3, 0.4) is 0 Å². The Morgan fingerprint density at radius 1 is 1.56 bits per heavy atom. The second-order valence-corrected chi connectivity index (χ2v) is 4.07. The number of hydrogen-bond donors (Lipinski definition) is 2. The van der Waals surface area contributed by atoms with E-state index in [9.17, 15) is 4.79 Å². The Hall–Kier alpha value is -2.62. The van der Waals surface area contributed by atoms with Crippen molar-refractivity contribution in [2.75, 3.05) is 0 Å². The first kappa shape index (κ1) is 10.5. The Labute approximate surface area is 102 Å². The van der Waals surface area contributed by atoms with Crippen molar-refractivity contribution in [1.29, 1.82) is 5.26 Å². The van der Waals surface area contributed by atoms with Crippen LogP contribution in [0.25, 0.3) is 11.6 Å². The Morgan fingerprint density at radius 3 is 3.06 bits per heavy atom. The van der Waals surface area contributed by atoms with Gasteiger partial charge in [-0.2, -0.15) is 10.2 Å². The summed E-state index contributed by atoms with van der Waals surface area (Å²) in [6.45, 7) is 0. The first-order chi connectivity index (χ1) is 8.76. The molecule has 2 aromatic heterocycles.